The lowest BCUT2D eigenvalue weighted by molar-refractivity contribution is -0.344. The summed E-state index contributed by atoms with van der Waals surface area (Å²) in [5.41, 5.74) is -0.135. The summed E-state index contributed by atoms with van der Waals surface area (Å²) in [4.78, 5) is 83.6. The second kappa shape index (κ2) is 28.4. The van der Waals surface area contributed by atoms with Crippen molar-refractivity contribution in [3.05, 3.63) is 35.9 Å². The van der Waals surface area contributed by atoms with E-state index < -0.39 is 109 Å². The van der Waals surface area contributed by atoms with E-state index in [4.69, 9.17) is 42.6 Å². The molecule has 0 aliphatic carbocycles. The summed E-state index contributed by atoms with van der Waals surface area (Å²) in [5, 5.41) is 12.4. The first kappa shape index (κ1) is 59.5. The number of rotatable bonds is 19. The number of unbranched alkanes of at least 4 members (excludes halogenated alkanes) is 1. The molecular formula is C52H83N3O16. The van der Waals surface area contributed by atoms with Gasteiger partial charge in [0.1, 0.15) is 36.8 Å². The first-order valence-corrected chi connectivity index (χ1v) is 25.3. The number of ether oxygens (including phenoxy) is 9. The van der Waals surface area contributed by atoms with Crippen LogP contribution in [0.2, 0.25) is 0 Å². The molecule has 0 saturated carbocycles. The van der Waals surface area contributed by atoms with Gasteiger partial charge < -0.3 is 67.2 Å². The summed E-state index contributed by atoms with van der Waals surface area (Å²) in [6, 6.07) is 9.29. The van der Waals surface area contributed by atoms with Crippen LogP contribution in [-0.2, 0) is 77.8 Å². The molecule has 1 aromatic rings. The number of amides is 1. The lowest BCUT2D eigenvalue weighted by atomic mass is 9.82. The van der Waals surface area contributed by atoms with Crippen molar-refractivity contribution in [3.63, 3.8) is 0 Å². The summed E-state index contributed by atoms with van der Waals surface area (Å²) in [6.45, 7) is 14.5. The van der Waals surface area contributed by atoms with Crippen molar-refractivity contribution in [1.29, 1.82) is 0 Å². The van der Waals surface area contributed by atoms with Gasteiger partial charge in [0.25, 0.3) is 0 Å². The fourth-order valence-corrected chi connectivity index (χ4v) is 10.2. The van der Waals surface area contributed by atoms with Crippen LogP contribution >= 0.6 is 0 Å². The molecule has 0 radical (unpaired) electrons. The van der Waals surface area contributed by atoms with E-state index >= 15 is 0 Å². The number of aryl methyl sites for hydroxylation is 1. The molecule has 1 amide bonds. The molecule has 402 valence electrons. The van der Waals surface area contributed by atoms with Gasteiger partial charge in [-0.1, -0.05) is 51.1 Å². The quantitative estimate of drug-likeness (QED) is 0.0887. The van der Waals surface area contributed by atoms with Gasteiger partial charge in [0.05, 0.1) is 30.8 Å². The van der Waals surface area contributed by atoms with Gasteiger partial charge in [-0.25, -0.2) is 0 Å². The average Bonchev–Trinajstić information content (AvgIpc) is 3.30. The van der Waals surface area contributed by atoms with Crippen LogP contribution in [-0.4, -0.2) is 189 Å². The van der Waals surface area contributed by atoms with Crippen LogP contribution in [0.1, 0.15) is 112 Å². The lowest BCUT2D eigenvalue weighted by Gasteiger charge is -2.51. The zero-order chi connectivity index (χ0) is 52.6. The van der Waals surface area contributed by atoms with E-state index in [-0.39, 0.29) is 50.4 Å². The van der Waals surface area contributed by atoms with Gasteiger partial charge >= 0.3 is 23.9 Å². The second-order valence-corrected chi connectivity index (χ2v) is 19.9. The molecule has 0 bridgehead atoms. The molecule has 1 N–H and O–H groups in total. The number of hydrogen-bond donors (Lipinski definition) is 1. The molecule has 3 heterocycles. The first-order chi connectivity index (χ1) is 33.6. The number of esters is 4. The predicted octanol–water partition coefficient (Wildman–Crippen LogP) is 4.26. The molecule has 19 heteroatoms. The number of nitrogens with zero attached hydrogens (tertiary/aromatic N) is 3. The molecule has 0 spiro atoms. The van der Waals surface area contributed by atoms with E-state index in [1.807, 2.05) is 37.1 Å². The zero-order valence-electron chi connectivity index (χ0n) is 44.2. The molecular weight excluding hydrogens is 923 g/mol. The largest absolute Gasteiger partial charge is 0.461 e. The van der Waals surface area contributed by atoms with Crippen LogP contribution in [0, 0.1) is 11.8 Å². The summed E-state index contributed by atoms with van der Waals surface area (Å²) in [6.07, 6.45) is -8.28. The van der Waals surface area contributed by atoms with E-state index in [2.05, 4.69) is 12.1 Å². The number of aldehydes is 1. The Bertz CT molecular complexity index is 1860. The maximum absolute atomic E-state index is 14.6. The minimum Gasteiger partial charge on any atom is -0.461 e. The third-order valence-corrected chi connectivity index (χ3v) is 13.8. The number of benzene rings is 1. The molecule has 71 heavy (non-hydrogen) atoms. The van der Waals surface area contributed by atoms with Crippen LogP contribution < -0.4 is 0 Å². The summed E-state index contributed by atoms with van der Waals surface area (Å²) in [5.74, 6) is -3.48. The monoisotopic (exact) mass is 1010 g/mol. The lowest BCUT2D eigenvalue weighted by Crippen LogP contribution is -2.66. The first-order valence-electron chi connectivity index (χ1n) is 25.3. The number of aliphatic hydroxyl groups excluding tert-OH is 1. The van der Waals surface area contributed by atoms with E-state index in [9.17, 15) is 33.9 Å². The summed E-state index contributed by atoms with van der Waals surface area (Å²) in [7, 11) is 6.83. The highest BCUT2D eigenvalue weighted by atomic mass is 16.7. The zero-order valence-corrected chi connectivity index (χ0v) is 44.2. The third-order valence-electron chi connectivity index (χ3n) is 13.8. The van der Waals surface area contributed by atoms with Gasteiger partial charge in [-0.05, 0) is 85.0 Å². The highest BCUT2D eigenvalue weighted by molar-refractivity contribution is 5.77. The number of carbonyl (C=O) groups excluding carboxylic acids is 6. The van der Waals surface area contributed by atoms with Crippen molar-refractivity contribution in [3.8, 4) is 0 Å². The Morgan fingerprint density at radius 3 is 2.15 bits per heavy atom. The van der Waals surface area contributed by atoms with Gasteiger partial charge in [0, 0.05) is 72.8 Å². The molecule has 4 rings (SSSR count). The summed E-state index contributed by atoms with van der Waals surface area (Å²) >= 11 is 0. The molecule has 15 atom stereocenters. The molecule has 1 aromatic carbocycles. The van der Waals surface area contributed by atoms with E-state index in [1.54, 1.807) is 58.5 Å². The number of likely N-dealkylation sites (N-methyl/N-ethyl adjacent to an activating group) is 2. The molecule has 0 aromatic heterocycles. The van der Waals surface area contributed by atoms with Crippen LogP contribution in [0.25, 0.3) is 0 Å². The Hall–Kier alpha value is -4.08. The van der Waals surface area contributed by atoms with Crippen LogP contribution in [0.3, 0.4) is 0 Å². The van der Waals surface area contributed by atoms with Crippen molar-refractivity contribution >= 4 is 36.1 Å². The maximum Gasteiger partial charge on any atom is 0.306 e. The Morgan fingerprint density at radius 2 is 1.55 bits per heavy atom. The Morgan fingerprint density at radius 1 is 0.873 bits per heavy atom. The second-order valence-electron chi connectivity index (χ2n) is 19.9. The average molecular weight is 1010 g/mol. The summed E-state index contributed by atoms with van der Waals surface area (Å²) < 4.78 is 56.1. The molecule has 19 nitrogen and oxygen atoms in total. The van der Waals surface area contributed by atoms with Crippen molar-refractivity contribution in [2.24, 2.45) is 11.8 Å². The van der Waals surface area contributed by atoms with Crippen molar-refractivity contribution < 1.29 is 76.5 Å². The smallest absolute Gasteiger partial charge is 0.306 e. The van der Waals surface area contributed by atoms with Gasteiger partial charge in [-0.2, -0.15) is 0 Å². The molecule has 3 aliphatic heterocycles. The van der Waals surface area contributed by atoms with E-state index in [0.717, 1.165) is 19.1 Å². The number of methoxy groups -OCH3 is 1. The van der Waals surface area contributed by atoms with Gasteiger partial charge in [-0.15, -0.1) is 0 Å². The third kappa shape index (κ3) is 17.3. The molecule has 3 saturated heterocycles. The number of aliphatic hydroxyl groups is 1. The topological polar surface area (TPSA) is 215 Å². The number of carbonyl (C=O) groups is 6. The van der Waals surface area contributed by atoms with Gasteiger partial charge in [0.15, 0.2) is 24.3 Å². The Labute approximate surface area is 420 Å². The fourth-order valence-electron chi connectivity index (χ4n) is 10.2. The van der Waals surface area contributed by atoms with Crippen LogP contribution in [0.15, 0.2) is 30.3 Å². The van der Waals surface area contributed by atoms with E-state index in [0.29, 0.717) is 32.6 Å². The normalized spacial score (nSPS) is 33.7. The molecule has 5 unspecified atom stereocenters. The van der Waals surface area contributed by atoms with Crippen molar-refractivity contribution in [1.82, 2.24) is 14.7 Å². The van der Waals surface area contributed by atoms with Crippen LogP contribution in [0.5, 0.6) is 0 Å². The SMILES string of the molecule is CCC(=O)O[C@@H]1CC(=O)N(CCCCc2ccccc2)CCN(C)C[C@H](OC(C)=O)[C@H](C)C[C@H](CC=O)[C@H](O[C@@H]2OC(C)[C@H](O[C@H]3CC(C)(OC(C)=O)[C@@H](OC(=O)CC)C(C)O3)C(N(C)C)C2O)[C@H]1OC. The Kier molecular flexibility index (Phi) is 23.8. The number of hydrogen-bond acceptors (Lipinski definition) is 18. The van der Waals surface area contributed by atoms with E-state index in [1.165, 1.54) is 26.5 Å². The Balaban J connectivity index is 1.73. The highest BCUT2D eigenvalue weighted by Gasteiger charge is 2.54. The highest BCUT2D eigenvalue weighted by Crippen LogP contribution is 2.39. The predicted molar refractivity (Wildman–Crippen MR) is 259 cm³/mol. The van der Waals surface area contributed by atoms with Gasteiger partial charge in [-0.3, -0.25) is 24.0 Å². The van der Waals surface area contributed by atoms with Crippen LogP contribution in [0.4, 0.5) is 0 Å². The fraction of sp³-hybridized carbons (Fsp3) is 0.769. The molecule has 3 aliphatic rings. The van der Waals surface area contributed by atoms with Gasteiger partial charge in [0.2, 0.25) is 5.91 Å². The minimum absolute atomic E-state index is 0.00142. The minimum atomic E-state index is -1.43. The maximum atomic E-state index is 14.6. The molecule has 3 fully saturated rings. The standard InChI is InChI=1S/C52H83N3O16/c1-13-42(60)67-39-29-41(59)55(24-19-18-22-37-20-16-15-17-21-37)26-25-54(11)31-40(66-35(6)57)32(3)28-38(23-27-56)48(49(39)63-12)70-51-46(62)45(53(9)10)47(33(4)65-51)69-44-30-52(8,71-36(7)58)50(34(5)64-44)68-43(61)14-2/h15-17,20-21,27,32-34,38-40,44-51,62H,13-14,18-19,22-26,28-31H2,1-12H3/t32-,33?,34?,38+,39-,40+,44+,45?,46?,47+,48+,49+,50+,51+,52?/m1/s1. The van der Waals surface area contributed by atoms with Crippen molar-refractivity contribution in [2.75, 3.05) is 54.4 Å². The van der Waals surface area contributed by atoms with Crippen molar-refractivity contribution in [2.45, 2.75) is 192 Å².